The molecule has 1 aliphatic rings. The summed E-state index contributed by atoms with van der Waals surface area (Å²) >= 11 is 0. The first-order valence-corrected chi connectivity index (χ1v) is 7.63. The van der Waals surface area contributed by atoms with Crippen molar-refractivity contribution in [1.82, 2.24) is 5.32 Å². The molecule has 1 fully saturated rings. The van der Waals surface area contributed by atoms with E-state index in [-0.39, 0.29) is 0 Å². The quantitative estimate of drug-likeness (QED) is 0.684. The average Bonchev–Trinajstić information content (AvgIpc) is 3.22. The third kappa shape index (κ3) is 5.33. The molecule has 0 heterocycles. The molecule has 1 N–H and O–H groups in total. The highest BCUT2D eigenvalue weighted by atomic mass is 16.5. The van der Waals surface area contributed by atoms with Gasteiger partial charge in [-0.15, -0.1) is 0 Å². The fraction of sp³-hybridized carbons (Fsp3) is 0.647. The van der Waals surface area contributed by atoms with Crippen molar-refractivity contribution in [3.8, 4) is 0 Å². The van der Waals surface area contributed by atoms with Crippen LogP contribution in [0.2, 0.25) is 0 Å². The first-order chi connectivity index (χ1) is 9.27. The summed E-state index contributed by atoms with van der Waals surface area (Å²) in [7, 11) is 0. The van der Waals surface area contributed by atoms with Crippen LogP contribution in [0.5, 0.6) is 0 Å². The Morgan fingerprint density at radius 2 is 2.00 bits per heavy atom. The summed E-state index contributed by atoms with van der Waals surface area (Å²) in [5.41, 5.74) is 3.02. The van der Waals surface area contributed by atoms with Gasteiger partial charge in [-0.05, 0) is 42.2 Å². The van der Waals surface area contributed by atoms with Crippen LogP contribution in [0.15, 0.2) is 24.3 Å². The third-order valence-corrected chi connectivity index (χ3v) is 3.65. The third-order valence-electron chi connectivity index (χ3n) is 3.65. The Balaban J connectivity index is 1.60. The van der Waals surface area contributed by atoms with Gasteiger partial charge < -0.3 is 10.1 Å². The minimum Gasteiger partial charge on any atom is -0.380 e. The highest BCUT2D eigenvalue weighted by Gasteiger charge is 2.25. The summed E-state index contributed by atoms with van der Waals surface area (Å²) in [5.74, 6) is 1.57. The molecule has 0 spiro atoms. The topological polar surface area (TPSA) is 21.3 Å². The van der Waals surface area contributed by atoms with Crippen LogP contribution < -0.4 is 5.32 Å². The van der Waals surface area contributed by atoms with Crippen molar-refractivity contribution in [3.05, 3.63) is 35.4 Å². The molecular weight excluding hydrogens is 234 g/mol. The largest absolute Gasteiger partial charge is 0.380 e. The molecular formula is C17H27NO. The molecule has 0 atom stereocenters. The van der Waals surface area contributed by atoms with Crippen molar-refractivity contribution in [1.29, 1.82) is 0 Å². The molecule has 0 bridgehead atoms. The number of hydrogen-bond acceptors (Lipinski definition) is 2. The molecule has 2 nitrogen and oxygen atoms in total. The Kier molecular flexibility index (Phi) is 5.87. The molecule has 0 amide bonds. The first-order valence-electron chi connectivity index (χ1n) is 7.63. The zero-order valence-corrected chi connectivity index (χ0v) is 12.3. The van der Waals surface area contributed by atoms with E-state index < -0.39 is 0 Å². The minimum atomic E-state index is 0.735. The van der Waals surface area contributed by atoms with Crippen molar-refractivity contribution < 1.29 is 4.74 Å². The Hall–Kier alpha value is -0.860. The molecule has 0 radical (unpaired) electrons. The number of benzene rings is 1. The van der Waals surface area contributed by atoms with Crippen LogP contribution in [0.1, 0.15) is 50.2 Å². The van der Waals surface area contributed by atoms with Gasteiger partial charge in [-0.2, -0.15) is 0 Å². The average molecular weight is 261 g/mol. The van der Waals surface area contributed by atoms with E-state index in [2.05, 4.69) is 43.4 Å². The van der Waals surface area contributed by atoms with Gasteiger partial charge in [0.15, 0.2) is 0 Å². The van der Waals surface area contributed by atoms with E-state index in [1.54, 1.807) is 5.56 Å². The van der Waals surface area contributed by atoms with Crippen molar-refractivity contribution in [2.45, 2.75) is 45.6 Å². The summed E-state index contributed by atoms with van der Waals surface area (Å²) in [4.78, 5) is 0. The fourth-order valence-corrected chi connectivity index (χ4v) is 2.28. The molecule has 0 aromatic heterocycles. The SMILES string of the molecule is CC(C)CCOCCNCc1ccccc1C1CC1. The maximum atomic E-state index is 5.61. The molecule has 2 heteroatoms. The zero-order valence-electron chi connectivity index (χ0n) is 12.3. The second kappa shape index (κ2) is 7.66. The zero-order chi connectivity index (χ0) is 13.5. The molecule has 106 valence electrons. The lowest BCUT2D eigenvalue weighted by Crippen LogP contribution is -2.20. The molecule has 1 aliphatic carbocycles. The molecule has 2 rings (SSSR count). The molecule has 0 saturated heterocycles. The molecule has 19 heavy (non-hydrogen) atoms. The van der Waals surface area contributed by atoms with Crippen LogP contribution in [0, 0.1) is 5.92 Å². The molecule has 1 saturated carbocycles. The molecule has 0 aliphatic heterocycles. The number of nitrogens with one attached hydrogen (secondary N) is 1. The Morgan fingerprint density at radius 1 is 1.21 bits per heavy atom. The molecule has 1 aromatic carbocycles. The number of ether oxygens (including phenoxy) is 1. The van der Waals surface area contributed by atoms with E-state index in [0.29, 0.717) is 0 Å². The second-order valence-corrected chi connectivity index (χ2v) is 5.94. The first kappa shape index (κ1) is 14.5. The summed E-state index contributed by atoms with van der Waals surface area (Å²) in [6.45, 7) is 8.08. The predicted octanol–water partition coefficient (Wildman–Crippen LogP) is 3.72. The molecule has 1 aromatic rings. The van der Waals surface area contributed by atoms with Crippen LogP contribution in [0.4, 0.5) is 0 Å². The Labute approximate surface area is 117 Å². The van der Waals surface area contributed by atoms with Crippen LogP contribution in [-0.4, -0.2) is 19.8 Å². The predicted molar refractivity (Wildman–Crippen MR) is 80.4 cm³/mol. The smallest absolute Gasteiger partial charge is 0.0591 e. The van der Waals surface area contributed by atoms with Crippen LogP contribution in [-0.2, 0) is 11.3 Å². The van der Waals surface area contributed by atoms with Gasteiger partial charge >= 0.3 is 0 Å². The van der Waals surface area contributed by atoms with E-state index >= 15 is 0 Å². The molecule has 0 unspecified atom stereocenters. The van der Waals surface area contributed by atoms with Gasteiger partial charge in [0.2, 0.25) is 0 Å². The van der Waals surface area contributed by atoms with E-state index in [0.717, 1.165) is 44.6 Å². The Morgan fingerprint density at radius 3 is 2.74 bits per heavy atom. The van der Waals surface area contributed by atoms with Crippen LogP contribution in [0.3, 0.4) is 0 Å². The van der Waals surface area contributed by atoms with Crippen LogP contribution in [0.25, 0.3) is 0 Å². The lowest BCUT2D eigenvalue weighted by Gasteiger charge is -2.10. The summed E-state index contributed by atoms with van der Waals surface area (Å²) in [6, 6.07) is 8.84. The van der Waals surface area contributed by atoms with Crippen LogP contribution >= 0.6 is 0 Å². The maximum Gasteiger partial charge on any atom is 0.0591 e. The monoisotopic (exact) mass is 261 g/mol. The van der Waals surface area contributed by atoms with E-state index in [1.165, 1.54) is 18.4 Å². The van der Waals surface area contributed by atoms with Crippen molar-refractivity contribution in [3.63, 3.8) is 0 Å². The van der Waals surface area contributed by atoms with Gasteiger partial charge in [-0.1, -0.05) is 38.1 Å². The summed E-state index contributed by atoms with van der Waals surface area (Å²) < 4.78 is 5.61. The van der Waals surface area contributed by atoms with E-state index in [9.17, 15) is 0 Å². The van der Waals surface area contributed by atoms with E-state index in [4.69, 9.17) is 4.74 Å². The van der Waals surface area contributed by atoms with Gasteiger partial charge in [0.05, 0.1) is 6.61 Å². The normalized spacial score (nSPS) is 15.1. The van der Waals surface area contributed by atoms with Gasteiger partial charge in [0, 0.05) is 19.7 Å². The van der Waals surface area contributed by atoms with Gasteiger partial charge in [0.1, 0.15) is 0 Å². The highest BCUT2D eigenvalue weighted by molar-refractivity contribution is 5.33. The van der Waals surface area contributed by atoms with Crippen molar-refractivity contribution in [2.24, 2.45) is 5.92 Å². The summed E-state index contributed by atoms with van der Waals surface area (Å²) in [6.07, 6.45) is 3.90. The summed E-state index contributed by atoms with van der Waals surface area (Å²) in [5, 5.41) is 3.49. The lowest BCUT2D eigenvalue weighted by atomic mass is 10.0. The highest BCUT2D eigenvalue weighted by Crippen LogP contribution is 2.41. The maximum absolute atomic E-state index is 5.61. The second-order valence-electron chi connectivity index (χ2n) is 5.94. The fourth-order valence-electron chi connectivity index (χ4n) is 2.28. The van der Waals surface area contributed by atoms with Crippen molar-refractivity contribution in [2.75, 3.05) is 19.8 Å². The minimum absolute atomic E-state index is 0.735. The number of rotatable bonds is 9. The van der Waals surface area contributed by atoms with Gasteiger partial charge in [-0.3, -0.25) is 0 Å². The number of hydrogen-bond donors (Lipinski definition) is 1. The van der Waals surface area contributed by atoms with E-state index in [1.807, 2.05) is 0 Å². The van der Waals surface area contributed by atoms with Crippen molar-refractivity contribution >= 4 is 0 Å². The Bertz CT molecular complexity index is 371. The lowest BCUT2D eigenvalue weighted by molar-refractivity contribution is 0.125. The van der Waals surface area contributed by atoms with Gasteiger partial charge in [-0.25, -0.2) is 0 Å². The van der Waals surface area contributed by atoms with Gasteiger partial charge in [0.25, 0.3) is 0 Å². The standard InChI is InChI=1S/C17H27NO/c1-14(2)9-11-19-12-10-18-13-16-5-3-4-6-17(16)15-7-8-15/h3-6,14-15,18H,7-13H2,1-2H3.